The topological polar surface area (TPSA) is 47.0 Å². The van der Waals surface area contributed by atoms with Gasteiger partial charge in [0.05, 0.1) is 6.10 Å². The third-order valence-electron chi connectivity index (χ3n) is 6.17. The first-order chi connectivity index (χ1) is 11.6. The second kappa shape index (κ2) is 8.63. The Labute approximate surface area is 147 Å². The molecular weight excluding hydrogens is 302 g/mol. The van der Waals surface area contributed by atoms with Crippen LogP contribution in [0, 0.1) is 5.92 Å². The smallest absolute Gasteiger partial charge is 0.222 e. The van der Waals surface area contributed by atoms with Crippen molar-refractivity contribution in [1.82, 2.24) is 14.7 Å². The molecule has 1 amide bonds. The van der Waals surface area contributed by atoms with E-state index < -0.39 is 0 Å². The van der Waals surface area contributed by atoms with E-state index in [0.717, 1.165) is 77.4 Å². The van der Waals surface area contributed by atoms with Crippen LogP contribution in [-0.4, -0.2) is 83.7 Å². The van der Waals surface area contributed by atoms with Crippen molar-refractivity contribution in [2.45, 2.75) is 64.0 Å². The maximum Gasteiger partial charge on any atom is 0.222 e. The number of rotatable bonds is 5. The molecule has 3 rings (SSSR count). The third-order valence-corrected chi connectivity index (χ3v) is 6.17. The summed E-state index contributed by atoms with van der Waals surface area (Å²) in [6.45, 7) is 9.19. The summed E-state index contributed by atoms with van der Waals surface area (Å²) in [5.41, 5.74) is 0. The molecular formula is C19H35N3O2. The van der Waals surface area contributed by atoms with E-state index in [1.165, 1.54) is 19.3 Å². The van der Waals surface area contributed by atoms with Crippen molar-refractivity contribution in [3.8, 4) is 0 Å². The molecule has 5 nitrogen and oxygen atoms in total. The normalized spacial score (nSPS) is 27.6. The van der Waals surface area contributed by atoms with Gasteiger partial charge in [0, 0.05) is 45.2 Å². The van der Waals surface area contributed by atoms with E-state index in [9.17, 15) is 9.90 Å². The molecule has 3 heterocycles. The van der Waals surface area contributed by atoms with Crippen molar-refractivity contribution < 1.29 is 9.90 Å². The number of amides is 1. The third kappa shape index (κ3) is 4.93. The number of carbonyl (C=O) groups is 1. The van der Waals surface area contributed by atoms with Gasteiger partial charge >= 0.3 is 0 Å². The van der Waals surface area contributed by atoms with Crippen LogP contribution in [0.15, 0.2) is 0 Å². The van der Waals surface area contributed by atoms with E-state index in [1.807, 2.05) is 0 Å². The molecule has 24 heavy (non-hydrogen) atoms. The van der Waals surface area contributed by atoms with Crippen molar-refractivity contribution in [1.29, 1.82) is 0 Å². The molecule has 0 aliphatic carbocycles. The van der Waals surface area contributed by atoms with Gasteiger partial charge in [-0.3, -0.25) is 4.79 Å². The fourth-order valence-corrected chi connectivity index (χ4v) is 4.52. The lowest BCUT2D eigenvalue weighted by atomic mass is 9.98. The molecule has 5 heteroatoms. The zero-order valence-corrected chi connectivity index (χ0v) is 15.3. The summed E-state index contributed by atoms with van der Waals surface area (Å²) >= 11 is 0. The van der Waals surface area contributed by atoms with Gasteiger partial charge in [-0.1, -0.05) is 6.92 Å². The fraction of sp³-hybridized carbons (Fsp3) is 0.947. The van der Waals surface area contributed by atoms with Crippen LogP contribution in [0.3, 0.4) is 0 Å². The molecule has 1 atom stereocenters. The van der Waals surface area contributed by atoms with Gasteiger partial charge in [0.2, 0.25) is 5.91 Å². The molecule has 0 radical (unpaired) electrons. The maximum atomic E-state index is 12.1. The summed E-state index contributed by atoms with van der Waals surface area (Å²) in [6.07, 6.45) is 7.40. The van der Waals surface area contributed by atoms with Gasteiger partial charge in [0.15, 0.2) is 0 Å². The second-order valence-corrected chi connectivity index (χ2v) is 8.21. The number of hydrogen-bond donors (Lipinski definition) is 1. The van der Waals surface area contributed by atoms with Crippen LogP contribution in [0.2, 0.25) is 0 Å². The standard InChI is InChI=1S/C19H35N3O2/c1-16-5-10-20(11-6-16)14-18(23)15-21-12-7-17(8-13-21)22-9-3-2-4-19(22)24/h16-18,23H,2-15H2,1H3. The van der Waals surface area contributed by atoms with Crippen molar-refractivity contribution >= 4 is 5.91 Å². The number of nitrogens with zero attached hydrogens (tertiary/aromatic N) is 3. The van der Waals surface area contributed by atoms with E-state index in [0.29, 0.717) is 11.9 Å². The molecule has 0 spiro atoms. The highest BCUT2D eigenvalue weighted by molar-refractivity contribution is 5.77. The molecule has 0 aromatic carbocycles. The Morgan fingerprint density at radius 1 is 0.958 bits per heavy atom. The minimum atomic E-state index is -0.244. The molecule has 0 aromatic heterocycles. The lowest BCUT2D eigenvalue weighted by Gasteiger charge is -2.41. The quantitative estimate of drug-likeness (QED) is 0.827. The molecule has 0 saturated carbocycles. The summed E-state index contributed by atoms with van der Waals surface area (Å²) in [5, 5.41) is 10.4. The highest BCUT2D eigenvalue weighted by Crippen LogP contribution is 2.22. The van der Waals surface area contributed by atoms with Gasteiger partial charge in [-0.25, -0.2) is 0 Å². The Balaban J connectivity index is 1.36. The predicted molar refractivity (Wildman–Crippen MR) is 95.9 cm³/mol. The number of aliphatic hydroxyl groups excluding tert-OH is 1. The van der Waals surface area contributed by atoms with E-state index in [4.69, 9.17) is 0 Å². The van der Waals surface area contributed by atoms with Gasteiger partial charge in [0.25, 0.3) is 0 Å². The molecule has 3 fully saturated rings. The van der Waals surface area contributed by atoms with Gasteiger partial charge in [-0.15, -0.1) is 0 Å². The van der Waals surface area contributed by atoms with Crippen LogP contribution >= 0.6 is 0 Å². The molecule has 1 unspecified atom stereocenters. The van der Waals surface area contributed by atoms with Crippen molar-refractivity contribution in [2.75, 3.05) is 45.8 Å². The Hall–Kier alpha value is -0.650. The Kier molecular flexibility index (Phi) is 6.53. The summed E-state index contributed by atoms with van der Waals surface area (Å²) in [7, 11) is 0. The van der Waals surface area contributed by atoms with E-state index in [2.05, 4.69) is 21.6 Å². The number of β-amino-alcohol motifs (C(OH)–C–C–N with tert-alkyl or cyclic N) is 1. The molecule has 0 bridgehead atoms. The average Bonchev–Trinajstić information content (AvgIpc) is 2.58. The van der Waals surface area contributed by atoms with Crippen LogP contribution in [0.5, 0.6) is 0 Å². The zero-order chi connectivity index (χ0) is 16.9. The van der Waals surface area contributed by atoms with Gasteiger partial charge in [-0.2, -0.15) is 0 Å². The van der Waals surface area contributed by atoms with Crippen LogP contribution in [0.1, 0.15) is 51.9 Å². The molecule has 3 saturated heterocycles. The number of carbonyl (C=O) groups excluding carboxylic acids is 1. The lowest BCUT2D eigenvalue weighted by molar-refractivity contribution is -0.136. The van der Waals surface area contributed by atoms with E-state index in [-0.39, 0.29) is 6.10 Å². The average molecular weight is 338 g/mol. The number of piperidine rings is 3. The summed E-state index contributed by atoms with van der Waals surface area (Å²) < 4.78 is 0. The second-order valence-electron chi connectivity index (χ2n) is 8.21. The zero-order valence-electron chi connectivity index (χ0n) is 15.3. The number of hydrogen-bond acceptors (Lipinski definition) is 4. The summed E-state index contributed by atoms with van der Waals surface area (Å²) in [6, 6.07) is 0.440. The summed E-state index contributed by atoms with van der Waals surface area (Å²) in [4.78, 5) is 19.0. The van der Waals surface area contributed by atoms with Crippen molar-refractivity contribution in [3.63, 3.8) is 0 Å². The van der Waals surface area contributed by atoms with E-state index >= 15 is 0 Å². The van der Waals surface area contributed by atoms with E-state index in [1.54, 1.807) is 0 Å². The Morgan fingerprint density at radius 3 is 2.12 bits per heavy atom. The highest BCUT2D eigenvalue weighted by atomic mass is 16.3. The lowest BCUT2D eigenvalue weighted by Crippen LogP contribution is -2.51. The molecule has 138 valence electrons. The van der Waals surface area contributed by atoms with Crippen LogP contribution in [0.25, 0.3) is 0 Å². The highest BCUT2D eigenvalue weighted by Gasteiger charge is 2.30. The Bertz CT molecular complexity index is 401. The van der Waals surface area contributed by atoms with Crippen LogP contribution in [0.4, 0.5) is 0 Å². The van der Waals surface area contributed by atoms with Gasteiger partial charge in [-0.05, 0) is 57.5 Å². The van der Waals surface area contributed by atoms with Gasteiger partial charge < -0.3 is 19.8 Å². The number of aliphatic hydroxyl groups is 1. The van der Waals surface area contributed by atoms with Crippen molar-refractivity contribution in [2.24, 2.45) is 5.92 Å². The molecule has 0 aromatic rings. The van der Waals surface area contributed by atoms with Crippen LogP contribution in [-0.2, 0) is 4.79 Å². The Morgan fingerprint density at radius 2 is 1.54 bits per heavy atom. The van der Waals surface area contributed by atoms with Crippen molar-refractivity contribution in [3.05, 3.63) is 0 Å². The fourth-order valence-electron chi connectivity index (χ4n) is 4.52. The van der Waals surface area contributed by atoms with Gasteiger partial charge in [0.1, 0.15) is 0 Å². The largest absolute Gasteiger partial charge is 0.390 e. The maximum absolute atomic E-state index is 12.1. The first-order valence-electron chi connectivity index (χ1n) is 10.0. The minimum Gasteiger partial charge on any atom is -0.390 e. The van der Waals surface area contributed by atoms with Crippen LogP contribution < -0.4 is 0 Å². The molecule has 1 N–H and O–H groups in total. The first kappa shape index (κ1) is 18.2. The summed E-state index contributed by atoms with van der Waals surface area (Å²) in [5.74, 6) is 1.20. The minimum absolute atomic E-state index is 0.244. The number of likely N-dealkylation sites (tertiary alicyclic amines) is 3. The molecule has 3 aliphatic heterocycles. The SMILES string of the molecule is CC1CCN(CC(O)CN2CCC(N3CCCCC3=O)CC2)CC1. The monoisotopic (exact) mass is 337 g/mol. The first-order valence-corrected chi connectivity index (χ1v) is 10.0. The predicted octanol–water partition coefficient (Wildman–Crippen LogP) is 1.56. The molecule has 3 aliphatic rings.